The van der Waals surface area contributed by atoms with Crippen LogP contribution >= 0.6 is 0 Å². The normalized spacial score (nSPS) is 30.6. The van der Waals surface area contributed by atoms with E-state index in [1.54, 1.807) is 0 Å². The first-order valence-corrected chi connectivity index (χ1v) is 7.14. The minimum atomic E-state index is -4.85. The first-order chi connectivity index (χ1) is 11.1. The van der Waals surface area contributed by atoms with E-state index in [-0.39, 0.29) is 12.2 Å². The summed E-state index contributed by atoms with van der Waals surface area (Å²) in [5.74, 6) is -4.60. The summed E-state index contributed by atoms with van der Waals surface area (Å²) in [6, 6.07) is 1.79. The fraction of sp³-hybridized carbons (Fsp3) is 0.600. The van der Waals surface area contributed by atoms with Gasteiger partial charge in [0.1, 0.15) is 6.10 Å². The predicted molar refractivity (Wildman–Crippen MR) is 72.6 cm³/mol. The van der Waals surface area contributed by atoms with Crippen LogP contribution in [0, 0.1) is 11.6 Å². The molecular weight excluding hydrogens is 339 g/mol. The molecule has 136 valence electrons. The number of rotatable bonds is 4. The smallest absolute Gasteiger partial charge is 0.419 e. The Morgan fingerprint density at radius 3 is 2.42 bits per heavy atom. The summed E-state index contributed by atoms with van der Waals surface area (Å²) < 4.78 is 82.2. The first kappa shape index (κ1) is 18.9. The van der Waals surface area contributed by atoms with Crippen LogP contribution in [0.25, 0.3) is 0 Å². The number of aliphatic hydroxyl groups is 1. The van der Waals surface area contributed by atoms with Crippen LogP contribution in [-0.2, 0) is 9.47 Å². The van der Waals surface area contributed by atoms with E-state index in [1.165, 1.54) is 6.92 Å². The van der Waals surface area contributed by atoms with E-state index < -0.39 is 47.5 Å². The van der Waals surface area contributed by atoms with Gasteiger partial charge in [0.25, 0.3) is 0 Å². The van der Waals surface area contributed by atoms with Crippen LogP contribution in [0.4, 0.5) is 22.0 Å². The number of ether oxygens (including phenoxy) is 3. The highest BCUT2D eigenvalue weighted by Gasteiger charge is 2.67. The molecule has 1 unspecified atom stereocenters. The first-order valence-electron chi connectivity index (χ1n) is 7.14. The summed E-state index contributed by atoms with van der Waals surface area (Å²) in [7, 11) is 1.04. The van der Waals surface area contributed by atoms with Gasteiger partial charge in [0, 0.05) is 12.2 Å². The van der Waals surface area contributed by atoms with E-state index >= 15 is 0 Å². The quantitative estimate of drug-likeness (QED) is 0.842. The van der Waals surface area contributed by atoms with Crippen molar-refractivity contribution in [3.63, 3.8) is 0 Å². The average molecular weight is 356 g/mol. The third-order valence-corrected chi connectivity index (χ3v) is 4.09. The Kier molecular flexibility index (Phi) is 5.08. The van der Waals surface area contributed by atoms with Crippen molar-refractivity contribution in [1.82, 2.24) is 0 Å². The SMILES string of the molecule is CCO[C@H]1[C@@H](c2ccc(F)c(F)c2OC)C(O)O[C@@]1(C)C(F)(F)F. The predicted octanol–water partition coefficient (Wildman–Crippen LogP) is 3.13. The lowest BCUT2D eigenvalue weighted by molar-refractivity contribution is -0.301. The topological polar surface area (TPSA) is 47.9 Å². The Balaban J connectivity index is 2.59. The number of methoxy groups -OCH3 is 1. The molecule has 1 aromatic carbocycles. The van der Waals surface area contributed by atoms with E-state index in [0.717, 1.165) is 26.2 Å². The van der Waals surface area contributed by atoms with Crippen molar-refractivity contribution >= 4 is 0 Å². The van der Waals surface area contributed by atoms with E-state index in [2.05, 4.69) is 0 Å². The van der Waals surface area contributed by atoms with Gasteiger partial charge in [0.15, 0.2) is 23.5 Å². The number of hydrogen-bond donors (Lipinski definition) is 1. The molecule has 0 spiro atoms. The zero-order chi connectivity index (χ0) is 18.3. The number of aliphatic hydroxyl groups excluding tert-OH is 1. The molecule has 1 heterocycles. The van der Waals surface area contributed by atoms with Crippen molar-refractivity contribution in [3.05, 3.63) is 29.3 Å². The molecule has 1 aliphatic heterocycles. The molecule has 1 N–H and O–H groups in total. The van der Waals surface area contributed by atoms with E-state index in [4.69, 9.17) is 14.2 Å². The third-order valence-electron chi connectivity index (χ3n) is 4.09. The summed E-state index contributed by atoms with van der Waals surface area (Å²) >= 11 is 0. The maximum Gasteiger partial charge on any atom is 0.419 e. The van der Waals surface area contributed by atoms with E-state index in [1.807, 2.05) is 0 Å². The van der Waals surface area contributed by atoms with Crippen LogP contribution in [0.3, 0.4) is 0 Å². The Morgan fingerprint density at radius 2 is 1.92 bits per heavy atom. The third kappa shape index (κ3) is 2.84. The van der Waals surface area contributed by atoms with Gasteiger partial charge in [-0.2, -0.15) is 17.6 Å². The molecule has 9 heteroatoms. The molecule has 1 saturated heterocycles. The Bertz CT molecular complexity index is 606. The lowest BCUT2D eigenvalue weighted by Crippen LogP contribution is -2.52. The number of halogens is 5. The van der Waals surface area contributed by atoms with E-state index in [0.29, 0.717) is 0 Å². The zero-order valence-electron chi connectivity index (χ0n) is 13.2. The molecule has 0 amide bonds. The Morgan fingerprint density at radius 1 is 1.29 bits per heavy atom. The molecule has 4 nitrogen and oxygen atoms in total. The molecule has 0 saturated carbocycles. The van der Waals surface area contributed by atoms with Gasteiger partial charge < -0.3 is 19.3 Å². The Labute approximate surface area is 135 Å². The standard InChI is InChI=1S/C15H17F5O4/c1-4-23-12-9(13(21)24-14(12,2)15(18,19)20)7-5-6-8(16)10(17)11(7)22-3/h5-6,9,12-13,21H,4H2,1-3H3/t9-,12+,13?,14-/m1/s1. The fourth-order valence-corrected chi connectivity index (χ4v) is 2.89. The van der Waals surface area contributed by atoms with Crippen molar-refractivity contribution in [1.29, 1.82) is 0 Å². The molecular formula is C15H17F5O4. The summed E-state index contributed by atoms with van der Waals surface area (Å²) in [6.45, 7) is 2.11. The van der Waals surface area contributed by atoms with Gasteiger partial charge in [-0.3, -0.25) is 0 Å². The highest BCUT2D eigenvalue weighted by Crippen LogP contribution is 2.51. The summed E-state index contributed by atoms with van der Waals surface area (Å²) in [5, 5.41) is 10.0. The lowest BCUT2D eigenvalue weighted by atomic mass is 9.85. The molecule has 1 fully saturated rings. The van der Waals surface area contributed by atoms with Crippen molar-refractivity contribution in [2.75, 3.05) is 13.7 Å². The van der Waals surface area contributed by atoms with E-state index in [9.17, 15) is 27.1 Å². The van der Waals surface area contributed by atoms with Gasteiger partial charge in [-0.1, -0.05) is 6.07 Å². The van der Waals surface area contributed by atoms with Gasteiger partial charge in [-0.15, -0.1) is 0 Å². The van der Waals surface area contributed by atoms with Crippen molar-refractivity contribution < 1.29 is 41.3 Å². The van der Waals surface area contributed by atoms with Crippen molar-refractivity contribution in [3.8, 4) is 5.75 Å². The monoisotopic (exact) mass is 356 g/mol. The second-order valence-electron chi connectivity index (χ2n) is 5.50. The number of alkyl halides is 3. The molecule has 0 bridgehead atoms. The molecule has 4 atom stereocenters. The van der Waals surface area contributed by atoms with Crippen LogP contribution in [0.1, 0.15) is 25.3 Å². The average Bonchev–Trinajstić information content (AvgIpc) is 2.74. The largest absolute Gasteiger partial charge is 0.493 e. The van der Waals surface area contributed by atoms with Gasteiger partial charge >= 0.3 is 6.18 Å². The van der Waals surface area contributed by atoms with Gasteiger partial charge in [-0.25, -0.2) is 4.39 Å². The van der Waals surface area contributed by atoms with Gasteiger partial charge in [-0.05, 0) is 19.9 Å². The summed E-state index contributed by atoms with van der Waals surface area (Å²) in [6.07, 6.45) is -8.46. The molecule has 2 rings (SSSR count). The zero-order valence-corrected chi connectivity index (χ0v) is 13.2. The minimum absolute atomic E-state index is 0.102. The second kappa shape index (κ2) is 6.45. The summed E-state index contributed by atoms with van der Waals surface area (Å²) in [4.78, 5) is 0. The second-order valence-corrected chi connectivity index (χ2v) is 5.50. The molecule has 0 aromatic heterocycles. The van der Waals surface area contributed by atoms with Gasteiger partial charge in [0.05, 0.1) is 13.0 Å². The maximum absolute atomic E-state index is 13.9. The Hall–Kier alpha value is -1.45. The minimum Gasteiger partial charge on any atom is -0.493 e. The van der Waals surface area contributed by atoms with Crippen LogP contribution < -0.4 is 4.74 Å². The van der Waals surface area contributed by atoms with Crippen LogP contribution in [0.2, 0.25) is 0 Å². The highest BCUT2D eigenvalue weighted by atomic mass is 19.4. The van der Waals surface area contributed by atoms with Crippen LogP contribution in [0.15, 0.2) is 12.1 Å². The van der Waals surface area contributed by atoms with Crippen molar-refractivity contribution in [2.45, 2.75) is 43.9 Å². The van der Waals surface area contributed by atoms with Crippen LogP contribution in [0.5, 0.6) is 5.75 Å². The van der Waals surface area contributed by atoms with Crippen LogP contribution in [-0.4, -0.2) is 43.0 Å². The molecule has 0 radical (unpaired) electrons. The fourth-order valence-electron chi connectivity index (χ4n) is 2.89. The number of hydrogen-bond acceptors (Lipinski definition) is 4. The molecule has 0 aliphatic carbocycles. The molecule has 1 aromatic rings. The molecule has 24 heavy (non-hydrogen) atoms. The van der Waals surface area contributed by atoms with Gasteiger partial charge in [0.2, 0.25) is 5.82 Å². The lowest BCUT2D eigenvalue weighted by Gasteiger charge is -2.33. The molecule has 1 aliphatic rings. The highest BCUT2D eigenvalue weighted by molar-refractivity contribution is 5.41. The van der Waals surface area contributed by atoms with Crippen molar-refractivity contribution in [2.24, 2.45) is 0 Å². The maximum atomic E-state index is 13.9. The number of benzene rings is 1. The summed E-state index contributed by atoms with van der Waals surface area (Å²) in [5.41, 5.74) is -2.99.